The maximum absolute atomic E-state index is 4.08. The van der Waals surface area contributed by atoms with Gasteiger partial charge in [-0.15, -0.1) is 0 Å². The van der Waals surface area contributed by atoms with Crippen LogP contribution in [0.3, 0.4) is 0 Å². The van der Waals surface area contributed by atoms with Gasteiger partial charge in [-0.2, -0.15) is 11.8 Å². The van der Waals surface area contributed by atoms with Crippen molar-refractivity contribution >= 4 is 11.8 Å². The van der Waals surface area contributed by atoms with E-state index in [1.54, 1.807) is 0 Å². The molecule has 0 nitrogen and oxygen atoms in total. The summed E-state index contributed by atoms with van der Waals surface area (Å²) in [5.74, 6) is 2.14. The zero-order valence-electron chi connectivity index (χ0n) is 6.89. The molecule has 10 heavy (non-hydrogen) atoms. The third-order valence-corrected chi connectivity index (χ3v) is 3.59. The average Bonchev–Trinajstić information content (AvgIpc) is 2.34. The normalized spacial score (nSPS) is 32.6. The van der Waals surface area contributed by atoms with Crippen LogP contribution in [0.4, 0.5) is 0 Å². The summed E-state index contributed by atoms with van der Waals surface area (Å²) >= 11 is 2.09. The van der Waals surface area contributed by atoms with Crippen molar-refractivity contribution in [2.45, 2.75) is 31.9 Å². The Labute approximate surface area is 68.1 Å². The van der Waals surface area contributed by atoms with Gasteiger partial charge in [0.05, 0.1) is 0 Å². The monoisotopic (exact) mass is 156 g/mol. The molecule has 2 unspecified atom stereocenters. The molecule has 1 heteroatoms. The van der Waals surface area contributed by atoms with Gasteiger partial charge >= 0.3 is 0 Å². The second-order valence-electron chi connectivity index (χ2n) is 3.09. The lowest BCUT2D eigenvalue weighted by Crippen LogP contribution is -2.01. The smallest absolute Gasteiger partial charge is 0.00249 e. The van der Waals surface area contributed by atoms with Gasteiger partial charge in [-0.3, -0.25) is 0 Å². The van der Waals surface area contributed by atoms with Crippen molar-refractivity contribution in [3.05, 3.63) is 12.2 Å². The molecule has 1 saturated heterocycles. The summed E-state index contributed by atoms with van der Waals surface area (Å²) in [4.78, 5) is 0. The van der Waals surface area contributed by atoms with Crippen molar-refractivity contribution in [3.8, 4) is 0 Å². The highest BCUT2D eigenvalue weighted by Gasteiger charge is 2.22. The third kappa shape index (κ3) is 1.79. The molecule has 1 aliphatic heterocycles. The van der Waals surface area contributed by atoms with E-state index in [1.165, 1.54) is 17.7 Å². The first-order valence-corrected chi connectivity index (χ1v) is 5.08. The Morgan fingerprint density at radius 2 is 2.40 bits per heavy atom. The first-order chi connectivity index (χ1) is 4.74. The summed E-state index contributed by atoms with van der Waals surface area (Å²) in [5, 5.41) is 0.869. The number of rotatable bonds is 2. The average molecular weight is 156 g/mol. The number of hydrogen-bond donors (Lipinski definition) is 0. The van der Waals surface area contributed by atoms with Crippen molar-refractivity contribution in [3.63, 3.8) is 0 Å². The lowest BCUT2D eigenvalue weighted by atomic mass is 9.96. The standard InChI is InChI=1S/C9H16S/c1-4-7(2)9-5-8(3)10-6-9/h8-9H,2,4-6H2,1,3H3. The maximum atomic E-state index is 4.08. The Morgan fingerprint density at radius 1 is 1.70 bits per heavy atom. The van der Waals surface area contributed by atoms with Crippen LogP contribution in [-0.4, -0.2) is 11.0 Å². The van der Waals surface area contributed by atoms with Crippen molar-refractivity contribution in [1.29, 1.82) is 0 Å². The Hall–Kier alpha value is 0.0900. The molecule has 0 spiro atoms. The zero-order chi connectivity index (χ0) is 7.56. The summed E-state index contributed by atoms with van der Waals surface area (Å²) in [6.45, 7) is 8.59. The molecule has 0 bridgehead atoms. The predicted molar refractivity (Wildman–Crippen MR) is 49.5 cm³/mol. The van der Waals surface area contributed by atoms with E-state index in [-0.39, 0.29) is 0 Å². The summed E-state index contributed by atoms with van der Waals surface area (Å²) in [6.07, 6.45) is 2.52. The second kappa shape index (κ2) is 3.47. The predicted octanol–water partition coefficient (Wildman–Crippen LogP) is 3.09. The molecule has 2 atom stereocenters. The molecule has 0 N–H and O–H groups in total. The zero-order valence-corrected chi connectivity index (χ0v) is 7.71. The van der Waals surface area contributed by atoms with Gasteiger partial charge in [0.1, 0.15) is 0 Å². The molecule has 1 aliphatic rings. The van der Waals surface area contributed by atoms with Gasteiger partial charge in [0.25, 0.3) is 0 Å². The van der Waals surface area contributed by atoms with E-state index in [0.29, 0.717) is 0 Å². The van der Waals surface area contributed by atoms with Crippen LogP contribution in [0.15, 0.2) is 12.2 Å². The van der Waals surface area contributed by atoms with Gasteiger partial charge in [0.2, 0.25) is 0 Å². The SMILES string of the molecule is C=C(CC)C1CSC(C)C1. The Bertz CT molecular complexity index is 129. The molecular weight excluding hydrogens is 140 g/mol. The molecule has 0 saturated carbocycles. The number of thioether (sulfide) groups is 1. The number of hydrogen-bond acceptors (Lipinski definition) is 1. The maximum Gasteiger partial charge on any atom is 0.00249 e. The largest absolute Gasteiger partial charge is 0.158 e. The van der Waals surface area contributed by atoms with Crippen molar-refractivity contribution in [2.75, 3.05) is 5.75 Å². The Morgan fingerprint density at radius 3 is 2.80 bits per heavy atom. The van der Waals surface area contributed by atoms with Crippen LogP contribution in [0, 0.1) is 5.92 Å². The summed E-state index contributed by atoms with van der Waals surface area (Å²) in [7, 11) is 0. The third-order valence-electron chi connectivity index (χ3n) is 2.23. The van der Waals surface area contributed by atoms with Gasteiger partial charge < -0.3 is 0 Å². The van der Waals surface area contributed by atoms with E-state index in [2.05, 4.69) is 32.2 Å². The molecule has 0 aromatic heterocycles. The summed E-state index contributed by atoms with van der Waals surface area (Å²) < 4.78 is 0. The van der Waals surface area contributed by atoms with Crippen LogP contribution in [0.2, 0.25) is 0 Å². The number of allylic oxidation sites excluding steroid dienone is 1. The lowest BCUT2D eigenvalue weighted by molar-refractivity contribution is 0.636. The molecule has 0 aromatic rings. The van der Waals surface area contributed by atoms with Gasteiger partial charge in [0.15, 0.2) is 0 Å². The van der Waals surface area contributed by atoms with E-state index in [9.17, 15) is 0 Å². The van der Waals surface area contributed by atoms with Crippen LogP contribution in [0.1, 0.15) is 26.7 Å². The van der Waals surface area contributed by atoms with E-state index >= 15 is 0 Å². The fraction of sp³-hybridized carbons (Fsp3) is 0.778. The highest BCUT2D eigenvalue weighted by atomic mass is 32.2. The molecule has 1 fully saturated rings. The quantitative estimate of drug-likeness (QED) is 0.554. The lowest BCUT2D eigenvalue weighted by Gasteiger charge is -2.09. The Balaban J connectivity index is 2.37. The first-order valence-electron chi connectivity index (χ1n) is 4.03. The molecule has 0 amide bonds. The highest BCUT2D eigenvalue weighted by molar-refractivity contribution is 8.00. The summed E-state index contributed by atoms with van der Waals surface area (Å²) in [6, 6.07) is 0. The highest BCUT2D eigenvalue weighted by Crippen LogP contribution is 2.35. The van der Waals surface area contributed by atoms with Crippen LogP contribution in [0.5, 0.6) is 0 Å². The van der Waals surface area contributed by atoms with Gasteiger partial charge in [0, 0.05) is 11.0 Å². The fourth-order valence-electron chi connectivity index (χ4n) is 1.39. The summed E-state index contributed by atoms with van der Waals surface area (Å²) in [5.41, 5.74) is 1.46. The van der Waals surface area contributed by atoms with E-state index < -0.39 is 0 Å². The molecule has 1 heterocycles. The van der Waals surface area contributed by atoms with Crippen molar-refractivity contribution < 1.29 is 0 Å². The molecule has 0 aromatic carbocycles. The molecular formula is C9H16S. The van der Waals surface area contributed by atoms with Crippen LogP contribution in [0.25, 0.3) is 0 Å². The molecule has 1 rings (SSSR count). The molecule has 0 aliphatic carbocycles. The van der Waals surface area contributed by atoms with Crippen molar-refractivity contribution in [2.24, 2.45) is 5.92 Å². The topological polar surface area (TPSA) is 0 Å². The second-order valence-corrected chi connectivity index (χ2v) is 4.56. The van der Waals surface area contributed by atoms with E-state index in [0.717, 1.165) is 17.6 Å². The van der Waals surface area contributed by atoms with Crippen LogP contribution >= 0.6 is 11.8 Å². The van der Waals surface area contributed by atoms with E-state index in [1.807, 2.05) is 0 Å². The van der Waals surface area contributed by atoms with Gasteiger partial charge in [-0.25, -0.2) is 0 Å². The van der Waals surface area contributed by atoms with Gasteiger partial charge in [-0.05, 0) is 18.8 Å². The van der Waals surface area contributed by atoms with Crippen molar-refractivity contribution in [1.82, 2.24) is 0 Å². The van der Waals surface area contributed by atoms with E-state index in [4.69, 9.17) is 0 Å². The minimum absolute atomic E-state index is 0.824. The molecule has 58 valence electrons. The minimum atomic E-state index is 0.824. The Kier molecular flexibility index (Phi) is 2.84. The van der Waals surface area contributed by atoms with Crippen LogP contribution < -0.4 is 0 Å². The van der Waals surface area contributed by atoms with Gasteiger partial charge in [-0.1, -0.05) is 26.0 Å². The molecule has 0 radical (unpaired) electrons. The van der Waals surface area contributed by atoms with Crippen LogP contribution in [-0.2, 0) is 0 Å². The fourth-order valence-corrected chi connectivity index (χ4v) is 2.69. The first kappa shape index (κ1) is 8.19. The minimum Gasteiger partial charge on any atom is -0.158 e.